The largest absolute Gasteiger partial charge is 0.495 e. The van der Waals surface area contributed by atoms with Crippen molar-refractivity contribution in [2.75, 3.05) is 24.0 Å². The molecular formula is C27H22N2O3. The van der Waals surface area contributed by atoms with E-state index in [0.29, 0.717) is 17.0 Å². The molecule has 0 bridgehead atoms. The lowest BCUT2D eigenvalue weighted by molar-refractivity contribution is 0.0601. The molecule has 5 rings (SSSR count). The van der Waals surface area contributed by atoms with E-state index < -0.39 is 5.97 Å². The minimum atomic E-state index is -0.417. The molecule has 0 aliphatic carbocycles. The van der Waals surface area contributed by atoms with Gasteiger partial charge >= 0.3 is 5.97 Å². The molecule has 0 saturated carbocycles. The van der Waals surface area contributed by atoms with Crippen LogP contribution in [0.4, 0.5) is 34.1 Å². The first-order valence-corrected chi connectivity index (χ1v) is 10.3. The molecular weight excluding hydrogens is 400 g/mol. The summed E-state index contributed by atoms with van der Waals surface area (Å²) in [6.45, 7) is 0. The second-order valence-corrected chi connectivity index (χ2v) is 7.33. The normalized spacial score (nSPS) is 12.1. The van der Waals surface area contributed by atoms with Gasteiger partial charge in [0.05, 0.1) is 42.5 Å². The first kappa shape index (κ1) is 19.7. The highest BCUT2D eigenvalue weighted by atomic mass is 16.5. The van der Waals surface area contributed by atoms with Crippen molar-refractivity contribution in [3.8, 4) is 5.75 Å². The number of rotatable bonds is 4. The smallest absolute Gasteiger partial charge is 0.340 e. The zero-order valence-corrected chi connectivity index (χ0v) is 17.9. The van der Waals surface area contributed by atoms with Crippen LogP contribution in [0, 0.1) is 0 Å². The van der Waals surface area contributed by atoms with E-state index in [1.807, 2.05) is 48.5 Å². The zero-order chi connectivity index (χ0) is 22.1. The second-order valence-electron chi connectivity index (χ2n) is 7.33. The van der Waals surface area contributed by atoms with Gasteiger partial charge in [0.1, 0.15) is 11.4 Å². The first-order valence-electron chi connectivity index (χ1n) is 10.3. The van der Waals surface area contributed by atoms with Gasteiger partial charge in [-0.15, -0.1) is 0 Å². The van der Waals surface area contributed by atoms with E-state index in [1.165, 1.54) is 7.11 Å². The molecule has 0 fully saturated rings. The van der Waals surface area contributed by atoms with Gasteiger partial charge in [-0.25, -0.2) is 4.79 Å². The van der Waals surface area contributed by atoms with Gasteiger partial charge in [0, 0.05) is 5.69 Å². The Morgan fingerprint density at radius 1 is 0.625 bits per heavy atom. The van der Waals surface area contributed by atoms with Gasteiger partial charge in [0.25, 0.3) is 0 Å². The molecule has 5 nitrogen and oxygen atoms in total. The molecule has 158 valence electrons. The van der Waals surface area contributed by atoms with E-state index in [-0.39, 0.29) is 0 Å². The predicted octanol–water partition coefficient (Wildman–Crippen LogP) is 6.73. The summed E-state index contributed by atoms with van der Waals surface area (Å²) >= 11 is 0. The van der Waals surface area contributed by atoms with Gasteiger partial charge in [0.15, 0.2) is 0 Å². The molecule has 32 heavy (non-hydrogen) atoms. The van der Waals surface area contributed by atoms with Crippen molar-refractivity contribution in [3.63, 3.8) is 0 Å². The van der Waals surface area contributed by atoms with Crippen LogP contribution < -0.4 is 14.5 Å². The van der Waals surface area contributed by atoms with E-state index in [4.69, 9.17) is 9.47 Å². The Bertz CT molecular complexity index is 1240. The number of esters is 1. The molecule has 4 aromatic rings. The fourth-order valence-corrected chi connectivity index (χ4v) is 4.23. The third kappa shape index (κ3) is 3.06. The van der Waals surface area contributed by atoms with Crippen molar-refractivity contribution in [1.29, 1.82) is 0 Å². The summed E-state index contributed by atoms with van der Waals surface area (Å²) in [4.78, 5) is 17.0. The highest BCUT2D eigenvalue weighted by molar-refractivity contribution is 6.07. The molecule has 0 N–H and O–H groups in total. The van der Waals surface area contributed by atoms with Crippen molar-refractivity contribution in [2.45, 2.75) is 0 Å². The van der Waals surface area contributed by atoms with Crippen LogP contribution in [0.1, 0.15) is 10.4 Å². The van der Waals surface area contributed by atoms with Crippen LogP contribution in [0.5, 0.6) is 5.75 Å². The summed E-state index contributed by atoms with van der Waals surface area (Å²) in [5.74, 6) is 0.171. The van der Waals surface area contributed by atoms with Crippen LogP contribution in [-0.2, 0) is 4.74 Å². The number of carbonyl (C=O) groups excluding carboxylic acids is 1. The molecule has 0 aromatic heterocycles. The predicted molar refractivity (Wildman–Crippen MR) is 127 cm³/mol. The number of hydrogen-bond donors (Lipinski definition) is 0. The van der Waals surface area contributed by atoms with Gasteiger partial charge in [0.2, 0.25) is 0 Å². The van der Waals surface area contributed by atoms with Gasteiger partial charge in [-0.3, -0.25) is 0 Å². The molecule has 0 unspecified atom stereocenters. The maximum atomic E-state index is 12.7. The Morgan fingerprint density at radius 3 is 1.69 bits per heavy atom. The Kier molecular flexibility index (Phi) is 5.00. The van der Waals surface area contributed by atoms with E-state index >= 15 is 0 Å². The van der Waals surface area contributed by atoms with Crippen LogP contribution in [-0.4, -0.2) is 20.2 Å². The molecule has 0 atom stereocenters. The second kappa shape index (κ2) is 8.12. The van der Waals surface area contributed by atoms with Crippen molar-refractivity contribution in [1.82, 2.24) is 0 Å². The van der Waals surface area contributed by atoms with E-state index in [1.54, 1.807) is 19.2 Å². The standard InChI is InChI=1S/C27H22N2O3/c1-31-25-18-10-13-20(27(30)32-2)26(25)29-23-16-8-6-14-21(23)28(19-11-4-3-5-12-19)22-15-7-9-17-24(22)29/h3-18H,1-2H3. The highest BCUT2D eigenvalue weighted by Gasteiger charge is 2.33. The van der Waals surface area contributed by atoms with Gasteiger partial charge in [-0.2, -0.15) is 0 Å². The van der Waals surface area contributed by atoms with Crippen LogP contribution >= 0.6 is 0 Å². The third-order valence-corrected chi connectivity index (χ3v) is 5.59. The number of para-hydroxylation sites is 6. The fraction of sp³-hybridized carbons (Fsp3) is 0.0741. The van der Waals surface area contributed by atoms with Gasteiger partial charge in [-0.1, -0.05) is 48.5 Å². The molecule has 0 saturated heterocycles. The molecule has 0 spiro atoms. The lowest BCUT2D eigenvalue weighted by Gasteiger charge is -2.41. The Balaban J connectivity index is 1.84. The lowest BCUT2D eigenvalue weighted by Crippen LogP contribution is -2.25. The summed E-state index contributed by atoms with van der Waals surface area (Å²) in [6, 6.07) is 32.0. The number of methoxy groups -OCH3 is 2. The molecule has 1 aliphatic heterocycles. The number of anilines is 6. The molecule has 0 radical (unpaired) electrons. The van der Waals surface area contributed by atoms with Crippen LogP contribution in [0.25, 0.3) is 0 Å². The number of ether oxygens (including phenoxy) is 2. The monoisotopic (exact) mass is 422 g/mol. The maximum Gasteiger partial charge on any atom is 0.340 e. The zero-order valence-electron chi connectivity index (χ0n) is 17.9. The van der Waals surface area contributed by atoms with E-state index in [2.05, 4.69) is 46.2 Å². The van der Waals surface area contributed by atoms with Crippen molar-refractivity contribution in [3.05, 3.63) is 103 Å². The minimum absolute atomic E-state index is 0.417. The summed E-state index contributed by atoms with van der Waals surface area (Å²) < 4.78 is 10.8. The SMILES string of the molecule is COC(=O)c1cccc(OC)c1N1c2ccccc2N(c2ccccc2)c2ccccc21. The topological polar surface area (TPSA) is 42.0 Å². The number of carbonyl (C=O) groups is 1. The van der Waals surface area contributed by atoms with Crippen molar-refractivity contribution >= 4 is 40.1 Å². The molecule has 5 heteroatoms. The van der Waals surface area contributed by atoms with Crippen molar-refractivity contribution in [2.24, 2.45) is 0 Å². The molecule has 1 aliphatic rings. The minimum Gasteiger partial charge on any atom is -0.495 e. The van der Waals surface area contributed by atoms with E-state index in [0.717, 1.165) is 28.4 Å². The summed E-state index contributed by atoms with van der Waals surface area (Å²) in [5, 5.41) is 0. The number of nitrogens with zero attached hydrogens (tertiary/aromatic N) is 2. The molecule has 1 heterocycles. The molecule has 4 aromatic carbocycles. The van der Waals surface area contributed by atoms with Crippen molar-refractivity contribution < 1.29 is 14.3 Å². The van der Waals surface area contributed by atoms with Crippen LogP contribution in [0.3, 0.4) is 0 Å². The first-order chi connectivity index (χ1) is 15.7. The molecule has 0 amide bonds. The average Bonchev–Trinajstić information content (AvgIpc) is 2.86. The number of fused-ring (bicyclic) bond motifs is 2. The number of benzene rings is 4. The summed E-state index contributed by atoms with van der Waals surface area (Å²) in [5.41, 5.74) is 6.01. The van der Waals surface area contributed by atoms with Crippen LogP contribution in [0.15, 0.2) is 97.1 Å². The van der Waals surface area contributed by atoms with Gasteiger partial charge in [-0.05, 0) is 48.5 Å². The number of hydrogen-bond acceptors (Lipinski definition) is 5. The Hall–Kier alpha value is -4.25. The van der Waals surface area contributed by atoms with E-state index in [9.17, 15) is 4.79 Å². The Labute approximate surface area is 187 Å². The van der Waals surface area contributed by atoms with Gasteiger partial charge < -0.3 is 19.3 Å². The summed E-state index contributed by atoms with van der Waals surface area (Å²) in [6.07, 6.45) is 0. The highest BCUT2D eigenvalue weighted by Crippen LogP contribution is 2.55. The average molecular weight is 422 g/mol. The third-order valence-electron chi connectivity index (χ3n) is 5.59. The quantitative estimate of drug-likeness (QED) is 0.300. The maximum absolute atomic E-state index is 12.7. The lowest BCUT2D eigenvalue weighted by atomic mass is 10.0. The Morgan fingerprint density at radius 2 is 1.16 bits per heavy atom. The fourth-order valence-electron chi connectivity index (χ4n) is 4.23. The summed E-state index contributed by atoms with van der Waals surface area (Å²) in [7, 11) is 3.00. The van der Waals surface area contributed by atoms with Crippen LogP contribution in [0.2, 0.25) is 0 Å².